The third kappa shape index (κ3) is 2.79. The van der Waals surface area contributed by atoms with Crippen LogP contribution in [0.25, 0.3) is 0 Å². The Balaban J connectivity index is 1.89. The number of hydrogen-bond acceptors (Lipinski definition) is 3. The first-order valence-electron chi connectivity index (χ1n) is 5.68. The molecule has 0 spiro atoms. The SMILES string of the molecule is Cc1cccnc1NC(=O)CC1CCNC1. The van der Waals surface area contributed by atoms with Crippen LogP contribution in [0.1, 0.15) is 18.4 Å². The minimum atomic E-state index is 0.0653. The van der Waals surface area contributed by atoms with E-state index in [1.54, 1.807) is 6.20 Å². The summed E-state index contributed by atoms with van der Waals surface area (Å²) in [5.41, 5.74) is 1.00. The summed E-state index contributed by atoms with van der Waals surface area (Å²) in [7, 11) is 0. The molecule has 0 radical (unpaired) electrons. The van der Waals surface area contributed by atoms with Gasteiger partial charge in [-0.3, -0.25) is 4.79 Å². The van der Waals surface area contributed by atoms with Gasteiger partial charge in [0.15, 0.2) is 0 Å². The average molecular weight is 219 g/mol. The highest BCUT2D eigenvalue weighted by Gasteiger charge is 2.18. The van der Waals surface area contributed by atoms with E-state index < -0.39 is 0 Å². The number of nitrogens with one attached hydrogen (secondary N) is 2. The predicted molar refractivity (Wildman–Crippen MR) is 63.2 cm³/mol. The molecule has 1 aliphatic rings. The van der Waals surface area contributed by atoms with Crippen LogP contribution >= 0.6 is 0 Å². The van der Waals surface area contributed by atoms with Crippen molar-refractivity contribution >= 4 is 11.7 Å². The zero-order chi connectivity index (χ0) is 11.4. The van der Waals surface area contributed by atoms with Gasteiger partial charge < -0.3 is 10.6 Å². The standard InChI is InChI=1S/C12H17N3O/c1-9-3-2-5-14-12(9)15-11(16)7-10-4-6-13-8-10/h2-3,5,10,13H,4,6-8H2,1H3,(H,14,15,16). The minimum Gasteiger partial charge on any atom is -0.316 e. The molecule has 16 heavy (non-hydrogen) atoms. The summed E-state index contributed by atoms with van der Waals surface area (Å²) in [6.45, 7) is 3.93. The molecular formula is C12H17N3O. The Bertz CT molecular complexity index is 372. The maximum absolute atomic E-state index is 11.7. The van der Waals surface area contributed by atoms with Gasteiger partial charge >= 0.3 is 0 Å². The van der Waals surface area contributed by atoms with Gasteiger partial charge in [-0.05, 0) is 44.0 Å². The zero-order valence-electron chi connectivity index (χ0n) is 9.49. The lowest BCUT2D eigenvalue weighted by molar-refractivity contribution is -0.117. The molecule has 2 rings (SSSR count). The van der Waals surface area contributed by atoms with Crippen molar-refractivity contribution in [3.8, 4) is 0 Å². The molecule has 0 aliphatic carbocycles. The summed E-state index contributed by atoms with van der Waals surface area (Å²) >= 11 is 0. The molecule has 0 aromatic carbocycles. The summed E-state index contributed by atoms with van der Waals surface area (Å²) in [6, 6.07) is 3.81. The van der Waals surface area contributed by atoms with Gasteiger partial charge in [0.05, 0.1) is 0 Å². The highest BCUT2D eigenvalue weighted by molar-refractivity contribution is 5.90. The summed E-state index contributed by atoms with van der Waals surface area (Å²) in [4.78, 5) is 15.9. The zero-order valence-corrected chi connectivity index (χ0v) is 9.49. The molecule has 1 saturated heterocycles. The van der Waals surface area contributed by atoms with Crippen LogP contribution in [0.4, 0.5) is 5.82 Å². The molecule has 1 aliphatic heterocycles. The van der Waals surface area contributed by atoms with Crippen molar-refractivity contribution in [1.29, 1.82) is 0 Å². The van der Waals surface area contributed by atoms with Crippen molar-refractivity contribution in [3.05, 3.63) is 23.9 Å². The van der Waals surface area contributed by atoms with Crippen LogP contribution in [0.15, 0.2) is 18.3 Å². The van der Waals surface area contributed by atoms with E-state index in [1.165, 1.54) is 0 Å². The Hall–Kier alpha value is -1.42. The van der Waals surface area contributed by atoms with E-state index in [0.29, 0.717) is 18.2 Å². The highest BCUT2D eigenvalue weighted by atomic mass is 16.1. The predicted octanol–water partition coefficient (Wildman–Crippen LogP) is 1.33. The Morgan fingerprint density at radius 1 is 1.69 bits per heavy atom. The van der Waals surface area contributed by atoms with Gasteiger partial charge in [0.2, 0.25) is 5.91 Å². The molecule has 2 heterocycles. The van der Waals surface area contributed by atoms with Gasteiger partial charge in [-0.25, -0.2) is 4.98 Å². The molecule has 1 aromatic rings. The van der Waals surface area contributed by atoms with Crippen LogP contribution in [0.2, 0.25) is 0 Å². The second-order valence-electron chi connectivity index (χ2n) is 4.28. The summed E-state index contributed by atoms with van der Waals surface area (Å²) in [5.74, 6) is 1.22. The van der Waals surface area contributed by atoms with E-state index in [-0.39, 0.29) is 5.91 Å². The smallest absolute Gasteiger partial charge is 0.225 e. The second-order valence-corrected chi connectivity index (χ2v) is 4.28. The number of aromatic nitrogens is 1. The highest BCUT2D eigenvalue weighted by Crippen LogP contribution is 2.14. The van der Waals surface area contributed by atoms with E-state index in [1.807, 2.05) is 19.1 Å². The fraction of sp³-hybridized carbons (Fsp3) is 0.500. The topological polar surface area (TPSA) is 54.0 Å². The van der Waals surface area contributed by atoms with Crippen LogP contribution in [0.5, 0.6) is 0 Å². The lowest BCUT2D eigenvalue weighted by atomic mass is 10.0. The largest absolute Gasteiger partial charge is 0.316 e. The van der Waals surface area contributed by atoms with E-state index in [2.05, 4.69) is 15.6 Å². The van der Waals surface area contributed by atoms with E-state index >= 15 is 0 Å². The van der Waals surface area contributed by atoms with Gasteiger partial charge in [0, 0.05) is 12.6 Å². The van der Waals surface area contributed by atoms with Gasteiger partial charge in [0.25, 0.3) is 0 Å². The number of carbonyl (C=O) groups is 1. The Kier molecular flexibility index (Phi) is 3.51. The van der Waals surface area contributed by atoms with Gasteiger partial charge in [-0.15, -0.1) is 0 Å². The molecule has 1 aromatic heterocycles. The number of pyridine rings is 1. The van der Waals surface area contributed by atoms with Crippen LogP contribution in [-0.2, 0) is 4.79 Å². The van der Waals surface area contributed by atoms with E-state index in [9.17, 15) is 4.79 Å². The lowest BCUT2D eigenvalue weighted by Gasteiger charge is -2.09. The van der Waals surface area contributed by atoms with Gasteiger partial charge in [-0.1, -0.05) is 6.07 Å². The molecular weight excluding hydrogens is 202 g/mol. The quantitative estimate of drug-likeness (QED) is 0.806. The summed E-state index contributed by atoms with van der Waals surface area (Å²) in [5, 5.41) is 6.12. The third-order valence-corrected chi connectivity index (χ3v) is 2.90. The number of anilines is 1. The van der Waals surface area contributed by atoms with Gasteiger partial charge in [-0.2, -0.15) is 0 Å². The first-order chi connectivity index (χ1) is 7.75. The number of rotatable bonds is 3. The normalized spacial score (nSPS) is 19.7. The first-order valence-corrected chi connectivity index (χ1v) is 5.68. The van der Waals surface area contributed by atoms with Crippen molar-refractivity contribution in [3.63, 3.8) is 0 Å². The Labute approximate surface area is 95.5 Å². The van der Waals surface area contributed by atoms with Crippen molar-refractivity contribution in [1.82, 2.24) is 10.3 Å². The minimum absolute atomic E-state index is 0.0653. The fourth-order valence-corrected chi connectivity index (χ4v) is 1.95. The Morgan fingerprint density at radius 2 is 2.56 bits per heavy atom. The first kappa shape index (κ1) is 11.1. The maximum Gasteiger partial charge on any atom is 0.225 e. The molecule has 1 fully saturated rings. The lowest BCUT2D eigenvalue weighted by Crippen LogP contribution is -2.19. The van der Waals surface area contributed by atoms with Crippen molar-refractivity contribution in [2.24, 2.45) is 5.92 Å². The van der Waals surface area contributed by atoms with Crippen LogP contribution in [0, 0.1) is 12.8 Å². The van der Waals surface area contributed by atoms with E-state index in [4.69, 9.17) is 0 Å². The second kappa shape index (κ2) is 5.07. The maximum atomic E-state index is 11.7. The fourth-order valence-electron chi connectivity index (χ4n) is 1.95. The van der Waals surface area contributed by atoms with Gasteiger partial charge in [0.1, 0.15) is 5.82 Å². The Morgan fingerprint density at radius 3 is 3.25 bits per heavy atom. The molecule has 4 heteroatoms. The third-order valence-electron chi connectivity index (χ3n) is 2.90. The molecule has 86 valence electrons. The number of carbonyl (C=O) groups excluding carboxylic acids is 1. The summed E-state index contributed by atoms with van der Waals surface area (Å²) in [6.07, 6.45) is 3.37. The summed E-state index contributed by atoms with van der Waals surface area (Å²) < 4.78 is 0. The average Bonchev–Trinajstić information content (AvgIpc) is 2.74. The molecule has 1 unspecified atom stereocenters. The molecule has 4 nitrogen and oxygen atoms in total. The molecule has 2 N–H and O–H groups in total. The molecule has 0 bridgehead atoms. The molecule has 1 amide bonds. The van der Waals surface area contributed by atoms with Crippen molar-refractivity contribution < 1.29 is 4.79 Å². The van der Waals surface area contributed by atoms with E-state index in [0.717, 1.165) is 25.1 Å². The van der Waals surface area contributed by atoms with Crippen LogP contribution in [0.3, 0.4) is 0 Å². The van der Waals surface area contributed by atoms with Crippen molar-refractivity contribution in [2.45, 2.75) is 19.8 Å². The number of aryl methyl sites for hydroxylation is 1. The molecule has 0 saturated carbocycles. The van der Waals surface area contributed by atoms with Crippen molar-refractivity contribution in [2.75, 3.05) is 18.4 Å². The monoisotopic (exact) mass is 219 g/mol. The van der Waals surface area contributed by atoms with Crippen LogP contribution in [-0.4, -0.2) is 24.0 Å². The number of nitrogens with zero attached hydrogens (tertiary/aromatic N) is 1. The number of hydrogen-bond donors (Lipinski definition) is 2. The van der Waals surface area contributed by atoms with Crippen LogP contribution < -0.4 is 10.6 Å². The molecule has 1 atom stereocenters. The number of amides is 1.